The first-order valence-electron chi connectivity index (χ1n) is 9.46. The molecule has 0 saturated carbocycles. The molecule has 2 aromatic carbocycles. The molecule has 0 aliphatic rings. The van der Waals surface area contributed by atoms with Gasteiger partial charge in [0.1, 0.15) is 5.82 Å². The third-order valence-corrected chi connectivity index (χ3v) is 4.45. The largest absolute Gasteiger partial charge is 0.456 e. The Hall–Kier alpha value is -3.48. The van der Waals surface area contributed by atoms with Crippen molar-refractivity contribution >= 4 is 28.5 Å². The quantitative estimate of drug-likeness (QED) is 0.601. The van der Waals surface area contributed by atoms with E-state index in [4.69, 9.17) is 4.74 Å². The van der Waals surface area contributed by atoms with Crippen LogP contribution in [0.3, 0.4) is 0 Å². The van der Waals surface area contributed by atoms with E-state index < -0.39 is 11.9 Å². The molecular weight excluding hydrogens is 370 g/mol. The number of H-pyrrole nitrogens is 1. The highest BCUT2D eigenvalue weighted by atomic mass is 16.5. The summed E-state index contributed by atoms with van der Waals surface area (Å²) in [6, 6.07) is 14.5. The van der Waals surface area contributed by atoms with Crippen LogP contribution >= 0.6 is 0 Å². The van der Waals surface area contributed by atoms with Gasteiger partial charge in [-0.05, 0) is 29.7 Å². The number of ether oxygens (including phenoxy) is 1. The molecule has 0 fully saturated rings. The predicted molar refractivity (Wildman–Crippen MR) is 111 cm³/mol. The monoisotopic (exact) mass is 393 g/mol. The number of esters is 1. The smallest absolute Gasteiger partial charge is 0.306 e. The Bertz CT molecular complexity index is 1090. The fourth-order valence-electron chi connectivity index (χ4n) is 2.99. The molecule has 29 heavy (non-hydrogen) atoms. The van der Waals surface area contributed by atoms with Crippen LogP contribution in [0.15, 0.2) is 53.3 Å². The molecule has 3 aromatic rings. The second kappa shape index (κ2) is 9.14. The van der Waals surface area contributed by atoms with Crippen LogP contribution in [-0.2, 0) is 20.7 Å². The number of hydrogen-bond acceptors (Lipinski definition) is 5. The van der Waals surface area contributed by atoms with Gasteiger partial charge in [0, 0.05) is 12.1 Å². The molecule has 7 heteroatoms. The minimum Gasteiger partial charge on any atom is -0.456 e. The van der Waals surface area contributed by atoms with Crippen LogP contribution in [0.4, 0.5) is 5.69 Å². The first-order chi connectivity index (χ1) is 13.9. The van der Waals surface area contributed by atoms with Gasteiger partial charge in [-0.1, -0.05) is 44.2 Å². The Balaban J connectivity index is 1.51. The Labute approximate surface area is 168 Å². The number of nitrogens with zero attached hydrogens (tertiary/aromatic N) is 1. The summed E-state index contributed by atoms with van der Waals surface area (Å²) >= 11 is 0. The number of para-hydroxylation sites is 2. The van der Waals surface area contributed by atoms with Gasteiger partial charge in [0.15, 0.2) is 6.61 Å². The SMILES string of the molecule is CC(C)c1ccccc1NC(=O)COC(=O)CCc1nc2ccccc2c(=O)[nH]1. The molecule has 2 N–H and O–H groups in total. The maximum atomic E-state index is 12.1. The number of carbonyl (C=O) groups excluding carboxylic acids is 2. The first-order valence-corrected chi connectivity index (χ1v) is 9.46. The summed E-state index contributed by atoms with van der Waals surface area (Å²) in [5, 5.41) is 3.27. The molecule has 3 rings (SSSR count). The fraction of sp³-hybridized carbons (Fsp3) is 0.273. The molecular formula is C22H23N3O4. The summed E-state index contributed by atoms with van der Waals surface area (Å²) in [5.74, 6) is -0.275. The number of anilines is 1. The van der Waals surface area contributed by atoms with Crippen LogP contribution in [0, 0.1) is 0 Å². The molecule has 0 aliphatic heterocycles. The van der Waals surface area contributed by atoms with Crippen molar-refractivity contribution in [3.05, 3.63) is 70.3 Å². The van der Waals surface area contributed by atoms with E-state index in [0.717, 1.165) is 5.56 Å². The molecule has 0 unspecified atom stereocenters. The topological polar surface area (TPSA) is 101 Å². The van der Waals surface area contributed by atoms with E-state index in [1.54, 1.807) is 24.3 Å². The maximum absolute atomic E-state index is 12.1. The Morgan fingerprint density at radius 1 is 1.10 bits per heavy atom. The molecule has 0 atom stereocenters. The summed E-state index contributed by atoms with van der Waals surface area (Å²) in [6.45, 7) is 3.71. The van der Waals surface area contributed by atoms with Gasteiger partial charge in [-0.2, -0.15) is 0 Å². The third-order valence-electron chi connectivity index (χ3n) is 4.45. The number of carbonyl (C=O) groups is 2. The summed E-state index contributed by atoms with van der Waals surface area (Å²) in [7, 11) is 0. The number of aromatic nitrogens is 2. The standard InChI is InChI=1S/C22H23N3O4/c1-14(2)15-7-3-5-9-17(15)24-20(26)13-29-21(27)12-11-19-23-18-10-6-4-8-16(18)22(28)25-19/h3-10,14H,11-13H2,1-2H3,(H,24,26)(H,23,25,28). The zero-order chi connectivity index (χ0) is 20.8. The van der Waals surface area contributed by atoms with Crippen LogP contribution in [0.1, 0.15) is 37.6 Å². The number of rotatable bonds is 7. The lowest BCUT2D eigenvalue weighted by atomic mass is 10.0. The number of nitrogens with one attached hydrogen (secondary N) is 2. The average Bonchev–Trinajstić information content (AvgIpc) is 2.71. The van der Waals surface area contributed by atoms with Gasteiger partial charge in [0.25, 0.3) is 11.5 Å². The summed E-state index contributed by atoms with van der Waals surface area (Å²) < 4.78 is 5.05. The number of aryl methyl sites for hydroxylation is 1. The van der Waals surface area contributed by atoms with Crippen molar-refractivity contribution in [2.75, 3.05) is 11.9 Å². The molecule has 0 saturated heterocycles. The molecule has 1 aromatic heterocycles. The molecule has 0 radical (unpaired) electrons. The average molecular weight is 393 g/mol. The first kappa shape index (κ1) is 20.3. The number of benzene rings is 2. The van der Waals surface area contributed by atoms with Gasteiger partial charge in [0.2, 0.25) is 0 Å². The number of amides is 1. The predicted octanol–water partition coefficient (Wildman–Crippen LogP) is 3.16. The molecule has 150 valence electrons. The zero-order valence-electron chi connectivity index (χ0n) is 16.4. The van der Waals surface area contributed by atoms with Gasteiger partial charge >= 0.3 is 5.97 Å². The van der Waals surface area contributed by atoms with Crippen molar-refractivity contribution in [3.8, 4) is 0 Å². The number of aromatic amines is 1. The summed E-state index contributed by atoms with van der Waals surface area (Å²) in [5.41, 5.74) is 2.05. The van der Waals surface area contributed by atoms with Crippen LogP contribution in [0.5, 0.6) is 0 Å². The summed E-state index contributed by atoms with van der Waals surface area (Å²) in [4.78, 5) is 43.1. The molecule has 0 bridgehead atoms. The lowest BCUT2D eigenvalue weighted by Gasteiger charge is -2.13. The van der Waals surface area contributed by atoms with Gasteiger partial charge in [-0.3, -0.25) is 14.4 Å². The van der Waals surface area contributed by atoms with Gasteiger partial charge < -0.3 is 15.0 Å². The van der Waals surface area contributed by atoms with Crippen LogP contribution in [0.2, 0.25) is 0 Å². The van der Waals surface area contributed by atoms with Crippen molar-refractivity contribution in [1.29, 1.82) is 0 Å². The second-order valence-electron chi connectivity index (χ2n) is 6.98. The normalized spacial score (nSPS) is 10.9. The Kier molecular flexibility index (Phi) is 6.39. The molecule has 1 amide bonds. The lowest BCUT2D eigenvalue weighted by molar-refractivity contribution is -0.147. The van der Waals surface area contributed by atoms with E-state index >= 15 is 0 Å². The molecule has 7 nitrogen and oxygen atoms in total. The molecule has 0 spiro atoms. The number of fused-ring (bicyclic) bond motifs is 1. The van der Waals surface area contributed by atoms with E-state index in [1.807, 2.05) is 38.1 Å². The van der Waals surface area contributed by atoms with E-state index in [0.29, 0.717) is 22.4 Å². The fourth-order valence-corrected chi connectivity index (χ4v) is 2.99. The van der Waals surface area contributed by atoms with Crippen molar-refractivity contribution in [3.63, 3.8) is 0 Å². The van der Waals surface area contributed by atoms with Crippen LogP contribution in [-0.4, -0.2) is 28.5 Å². The van der Waals surface area contributed by atoms with E-state index in [2.05, 4.69) is 15.3 Å². The Morgan fingerprint density at radius 3 is 2.62 bits per heavy atom. The van der Waals surface area contributed by atoms with Gasteiger partial charge in [-0.25, -0.2) is 4.98 Å². The van der Waals surface area contributed by atoms with Gasteiger partial charge in [0.05, 0.1) is 17.3 Å². The van der Waals surface area contributed by atoms with Crippen molar-refractivity contribution < 1.29 is 14.3 Å². The van der Waals surface area contributed by atoms with Crippen molar-refractivity contribution in [2.45, 2.75) is 32.6 Å². The minimum atomic E-state index is -0.534. The highest BCUT2D eigenvalue weighted by Gasteiger charge is 2.12. The molecule has 1 heterocycles. The van der Waals surface area contributed by atoms with Crippen LogP contribution < -0.4 is 10.9 Å². The lowest BCUT2D eigenvalue weighted by Crippen LogP contribution is -2.22. The van der Waals surface area contributed by atoms with Crippen LogP contribution in [0.25, 0.3) is 10.9 Å². The van der Waals surface area contributed by atoms with Gasteiger partial charge in [-0.15, -0.1) is 0 Å². The second-order valence-corrected chi connectivity index (χ2v) is 6.98. The zero-order valence-corrected chi connectivity index (χ0v) is 16.4. The minimum absolute atomic E-state index is 0.0111. The summed E-state index contributed by atoms with van der Waals surface area (Å²) in [6.07, 6.45) is 0.230. The number of hydrogen-bond donors (Lipinski definition) is 2. The van der Waals surface area contributed by atoms with E-state index in [1.165, 1.54) is 0 Å². The Morgan fingerprint density at radius 2 is 1.83 bits per heavy atom. The van der Waals surface area contributed by atoms with E-state index in [-0.39, 0.29) is 30.9 Å². The van der Waals surface area contributed by atoms with Crippen molar-refractivity contribution in [2.24, 2.45) is 0 Å². The highest BCUT2D eigenvalue weighted by molar-refractivity contribution is 5.93. The molecule has 0 aliphatic carbocycles. The van der Waals surface area contributed by atoms with Crippen molar-refractivity contribution in [1.82, 2.24) is 9.97 Å². The van der Waals surface area contributed by atoms with E-state index in [9.17, 15) is 14.4 Å². The highest BCUT2D eigenvalue weighted by Crippen LogP contribution is 2.23. The third kappa shape index (κ3) is 5.28. The maximum Gasteiger partial charge on any atom is 0.306 e.